The molecule has 284 valence electrons. The predicted molar refractivity (Wildman–Crippen MR) is 199 cm³/mol. The number of carbonyl (C=O) groups excluding carboxylic acids is 3. The molecule has 0 spiro atoms. The van der Waals surface area contributed by atoms with Gasteiger partial charge < -0.3 is 24.8 Å². The molecular weight excluding hydrogens is 604 g/mol. The summed E-state index contributed by atoms with van der Waals surface area (Å²) in [6, 6.07) is 0. The summed E-state index contributed by atoms with van der Waals surface area (Å²) in [7, 11) is 0. The topological polar surface area (TPSA) is 105 Å². The smallest absolute Gasteiger partial charge is 0.305 e. The molecule has 0 aliphatic carbocycles. The van der Waals surface area contributed by atoms with Gasteiger partial charge >= 0.3 is 11.9 Å². The molecule has 0 aromatic carbocycles. The van der Waals surface area contributed by atoms with E-state index in [2.05, 4.69) is 19.2 Å². The summed E-state index contributed by atoms with van der Waals surface area (Å²) in [6.45, 7) is 5.59. The van der Waals surface area contributed by atoms with Crippen LogP contribution >= 0.6 is 0 Å². The van der Waals surface area contributed by atoms with E-state index in [-0.39, 0.29) is 57.3 Å². The Balaban J connectivity index is 3.96. The lowest BCUT2D eigenvalue weighted by atomic mass is 10.0. The standard InChI is InChI=1S/C40H78N2O6/c1-3-5-7-9-11-13-15-17-19-21-23-25-27-29-39(45)47-35-32-42(38(44)37-41-31-34-43)33-36-48-40(46)30-28-26-24-22-20-18-16-14-12-10-8-6-4-2/h41,43H,3-37H2,1-2H3. The van der Waals surface area contributed by atoms with E-state index in [0.717, 1.165) is 38.5 Å². The third kappa shape index (κ3) is 34.2. The summed E-state index contributed by atoms with van der Waals surface area (Å²) in [5, 5.41) is 11.9. The first-order valence-electron chi connectivity index (χ1n) is 20.5. The summed E-state index contributed by atoms with van der Waals surface area (Å²) < 4.78 is 10.8. The first-order valence-corrected chi connectivity index (χ1v) is 20.5. The highest BCUT2D eigenvalue weighted by molar-refractivity contribution is 5.78. The number of nitrogens with zero attached hydrogens (tertiary/aromatic N) is 1. The van der Waals surface area contributed by atoms with Gasteiger partial charge in [-0.3, -0.25) is 14.4 Å². The molecule has 1 amide bonds. The van der Waals surface area contributed by atoms with Crippen molar-refractivity contribution in [2.24, 2.45) is 0 Å². The van der Waals surface area contributed by atoms with Crippen LogP contribution in [-0.4, -0.2) is 73.9 Å². The monoisotopic (exact) mass is 683 g/mol. The molecule has 0 heterocycles. The van der Waals surface area contributed by atoms with Gasteiger partial charge in [0.2, 0.25) is 5.91 Å². The van der Waals surface area contributed by atoms with Crippen LogP contribution in [0.1, 0.15) is 194 Å². The molecule has 8 nitrogen and oxygen atoms in total. The second kappa shape index (κ2) is 38.1. The Morgan fingerprint density at radius 2 is 0.812 bits per heavy atom. The summed E-state index contributed by atoms with van der Waals surface area (Å²) in [5.74, 6) is -0.634. The molecule has 0 saturated heterocycles. The largest absolute Gasteiger partial charge is 0.464 e. The predicted octanol–water partition coefficient (Wildman–Crippen LogP) is 9.45. The van der Waals surface area contributed by atoms with Crippen LogP contribution in [0.2, 0.25) is 0 Å². The Kier molecular flexibility index (Phi) is 36.8. The number of nitrogens with one attached hydrogen (secondary N) is 1. The van der Waals surface area contributed by atoms with Gasteiger partial charge in [0.25, 0.3) is 0 Å². The minimum Gasteiger partial charge on any atom is -0.464 e. The van der Waals surface area contributed by atoms with Crippen molar-refractivity contribution in [1.29, 1.82) is 0 Å². The highest BCUT2D eigenvalue weighted by Gasteiger charge is 2.15. The molecule has 0 saturated carbocycles. The van der Waals surface area contributed by atoms with Gasteiger partial charge in [-0.15, -0.1) is 0 Å². The molecule has 0 aromatic heterocycles. The summed E-state index contributed by atoms with van der Waals surface area (Å²) in [6.07, 6.45) is 33.6. The quantitative estimate of drug-likeness (QED) is 0.0494. The van der Waals surface area contributed by atoms with Crippen molar-refractivity contribution in [2.75, 3.05) is 46.0 Å². The van der Waals surface area contributed by atoms with Gasteiger partial charge in [-0.25, -0.2) is 0 Å². The van der Waals surface area contributed by atoms with Crippen LogP contribution < -0.4 is 5.32 Å². The number of aliphatic hydroxyl groups is 1. The first-order chi connectivity index (χ1) is 23.5. The van der Waals surface area contributed by atoms with E-state index in [0.29, 0.717) is 19.4 Å². The van der Waals surface area contributed by atoms with Gasteiger partial charge in [0.15, 0.2) is 0 Å². The van der Waals surface area contributed by atoms with Crippen LogP contribution in [0.5, 0.6) is 0 Å². The van der Waals surface area contributed by atoms with Gasteiger partial charge in [0.05, 0.1) is 26.2 Å². The molecule has 0 unspecified atom stereocenters. The van der Waals surface area contributed by atoms with Crippen LogP contribution in [0.4, 0.5) is 0 Å². The molecule has 2 N–H and O–H groups in total. The number of esters is 2. The van der Waals surface area contributed by atoms with Gasteiger partial charge in [-0.1, -0.05) is 168 Å². The normalized spacial score (nSPS) is 11.1. The lowest BCUT2D eigenvalue weighted by Gasteiger charge is -2.22. The number of aliphatic hydroxyl groups excluding tert-OH is 1. The number of carbonyl (C=O) groups is 3. The van der Waals surface area contributed by atoms with Crippen molar-refractivity contribution in [1.82, 2.24) is 10.2 Å². The van der Waals surface area contributed by atoms with Crippen LogP contribution in [0.25, 0.3) is 0 Å². The number of rotatable bonds is 38. The zero-order valence-electron chi connectivity index (χ0n) is 31.7. The van der Waals surface area contributed by atoms with E-state index in [1.54, 1.807) is 4.90 Å². The van der Waals surface area contributed by atoms with Crippen molar-refractivity contribution >= 4 is 17.8 Å². The molecule has 0 rings (SSSR count). The van der Waals surface area contributed by atoms with Crippen molar-refractivity contribution in [3.8, 4) is 0 Å². The number of hydrogen-bond donors (Lipinski definition) is 2. The van der Waals surface area contributed by atoms with Crippen LogP contribution in [-0.2, 0) is 23.9 Å². The third-order valence-corrected chi connectivity index (χ3v) is 9.13. The second-order valence-corrected chi connectivity index (χ2v) is 13.7. The minimum atomic E-state index is -0.229. The highest BCUT2D eigenvalue weighted by atomic mass is 16.5. The van der Waals surface area contributed by atoms with Gasteiger partial charge in [-0.2, -0.15) is 0 Å². The lowest BCUT2D eigenvalue weighted by Crippen LogP contribution is -2.42. The first kappa shape index (κ1) is 46.3. The Labute approximate surface area is 296 Å². The van der Waals surface area contributed by atoms with E-state index in [1.165, 1.54) is 128 Å². The van der Waals surface area contributed by atoms with E-state index < -0.39 is 0 Å². The molecule has 48 heavy (non-hydrogen) atoms. The number of ether oxygens (including phenoxy) is 2. The highest BCUT2D eigenvalue weighted by Crippen LogP contribution is 2.14. The zero-order chi connectivity index (χ0) is 35.2. The molecule has 0 radical (unpaired) electrons. The van der Waals surface area contributed by atoms with Crippen molar-refractivity contribution in [3.05, 3.63) is 0 Å². The third-order valence-electron chi connectivity index (χ3n) is 9.13. The molecule has 0 atom stereocenters. The van der Waals surface area contributed by atoms with Crippen LogP contribution in [0.15, 0.2) is 0 Å². The van der Waals surface area contributed by atoms with Gasteiger partial charge in [0.1, 0.15) is 13.2 Å². The lowest BCUT2D eigenvalue weighted by molar-refractivity contribution is -0.147. The Morgan fingerprint density at radius 3 is 1.12 bits per heavy atom. The maximum Gasteiger partial charge on any atom is 0.305 e. The van der Waals surface area contributed by atoms with E-state index in [1.807, 2.05) is 0 Å². The average molecular weight is 683 g/mol. The average Bonchev–Trinajstić information content (AvgIpc) is 3.08. The van der Waals surface area contributed by atoms with E-state index in [9.17, 15) is 14.4 Å². The number of unbranched alkanes of at least 4 members (excludes halogenated alkanes) is 24. The van der Waals surface area contributed by atoms with E-state index >= 15 is 0 Å². The van der Waals surface area contributed by atoms with Crippen LogP contribution in [0, 0.1) is 0 Å². The fourth-order valence-corrected chi connectivity index (χ4v) is 6.01. The SMILES string of the molecule is CCCCCCCCCCCCCCCC(=O)OCCN(CCOC(=O)CCCCCCCCCCCCCCC)C(=O)CNCCO. The molecule has 8 heteroatoms. The minimum absolute atomic E-state index is 0.0547. The number of amides is 1. The second-order valence-electron chi connectivity index (χ2n) is 13.7. The maximum atomic E-state index is 12.7. The molecule has 0 fully saturated rings. The maximum absolute atomic E-state index is 12.7. The Hall–Kier alpha value is -1.67. The summed E-state index contributed by atoms with van der Waals surface area (Å²) >= 11 is 0. The summed E-state index contributed by atoms with van der Waals surface area (Å²) in [4.78, 5) is 38.7. The van der Waals surface area contributed by atoms with Crippen molar-refractivity contribution < 1.29 is 29.0 Å². The van der Waals surface area contributed by atoms with Crippen LogP contribution in [0.3, 0.4) is 0 Å². The zero-order valence-corrected chi connectivity index (χ0v) is 31.7. The fourth-order valence-electron chi connectivity index (χ4n) is 6.01. The Bertz CT molecular complexity index is 672. The van der Waals surface area contributed by atoms with Crippen molar-refractivity contribution in [2.45, 2.75) is 194 Å². The molecule has 0 bridgehead atoms. The Morgan fingerprint density at radius 1 is 0.500 bits per heavy atom. The van der Waals surface area contributed by atoms with E-state index in [4.69, 9.17) is 14.6 Å². The van der Waals surface area contributed by atoms with Crippen molar-refractivity contribution in [3.63, 3.8) is 0 Å². The molecule has 0 aliphatic heterocycles. The molecular formula is C40H78N2O6. The van der Waals surface area contributed by atoms with Gasteiger partial charge in [0, 0.05) is 19.4 Å². The fraction of sp³-hybridized carbons (Fsp3) is 0.925. The molecule has 0 aliphatic rings. The molecule has 0 aromatic rings. The van der Waals surface area contributed by atoms with Gasteiger partial charge in [-0.05, 0) is 12.8 Å². The number of hydrogen-bond acceptors (Lipinski definition) is 7. The summed E-state index contributed by atoms with van der Waals surface area (Å²) in [5.41, 5.74) is 0.